The Morgan fingerprint density at radius 2 is 1.25 bits per heavy atom. The zero-order valence-corrected chi connectivity index (χ0v) is 23.3. The van der Waals surface area contributed by atoms with E-state index >= 15 is 0 Å². The molecule has 5 nitrogen and oxygen atoms in total. The van der Waals surface area contributed by atoms with Crippen molar-refractivity contribution in [2.75, 3.05) is 0 Å². The van der Waals surface area contributed by atoms with Crippen molar-refractivity contribution in [1.82, 2.24) is 24.7 Å². The lowest BCUT2D eigenvalue weighted by Gasteiger charge is -2.16. The quantitative estimate of drug-likeness (QED) is 0.370. The molecule has 3 rings (SSSR count). The Morgan fingerprint density at radius 1 is 0.688 bits per heavy atom. The molecule has 0 amide bonds. The van der Waals surface area contributed by atoms with E-state index in [4.69, 9.17) is 0 Å². The van der Waals surface area contributed by atoms with Crippen molar-refractivity contribution >= 4 is 11.3 Å². The van der Waals surface area contributed by atoms with Crippen LogP contribution in [0.3, 0.4) is 0 Å². The maximum atomic E-state index is 4.40. The molecule has 3 aromatic rings. The molecular formula is C26H43N5S. The van der Waals surface area contributed by atoms with E-state index in [1.807, 2.05) is 38.0 Å². The Hall–Kier alpha value is -2.08. The molecule has 3 aromatic heterocycles. The van der Waals surface area contributed by atoms with Crippen LogP contribution in [0.5, 0.6) is 0 Å². The second kappa shape index (κ2) is 10.7. The molecule has 32 heavy (non-hydrogen) atoms. The maximum absolute atomic E-state index is 4.40. The van der Waals surface area contributed by atoms with Crippen LogP contribution in [0.4, 0.5) is 0 Å². The van der Waals surface area contributed by atoms with E-state index < -0.39 is 0 Å². The average Bonchev–Trinajstić information content (AvgIpc) is 3.21. The SMILES string of the molecule is Cc1cc(C(C)(C)C)nn1C.Cc1cnc(C(C)(C)C)cn1.Cc1ncc(C(C)(C)C)s1. The Kier molecular flexibility index (Phi) is 9.34. The molecule has 178 valence electrons. The fraction of sp³-hybridized carbons (Fsp3) is 0.615. The highest BCUT2D eigenvalue weighted by atomic mass is 32.1. The van der Waals surface area contributed by atoms with Crippen molar-refractivity contribution in [2.24, 2.45) is 7.05 Å². The van der Waals surface area contributed by atoms with Crippen molar-refractivity contribution in [3.8, 4) is 0 Å². The van der Waals surface area contributed by atoms with E-state index in [0.717, 1.165) is 22.1 Å². The van der Waals surface area contributed by atoms with E-state index in [1.54, 1.807) is 17.5 Å². The lowest BCUT2D eigenvalue weighted by Crippen LogP contribution is -2.13. The average molecular weight is 458 g/mol. The van der Waals surface area contributed by atoms with Crippen LogP contribution in [0.15, 0.2) is 24.7 Å². The fourth-order valence-corrected chi connectivity index (χ4v) is 3.25. The molecule has 0 saturated carbocycles. The molecule has 0 bridgehead atoms. The van der Waals surface area contributed by atoms with E-state index in [2.05, 4.69) is 95.4 Å². The minimum absolute atomic E-state index is 0.112. The van der Waals surface area contributed by atoms with Crippen LogP contribution >= 0.6 is 11.3 Å². The van der Waals surface area contributed by atoms with Gasteiger partial charge in [-0.15, -0.1) is 11.3 Å². The molecular weight excluding hydrogens is 414 g/mol. The highest BCUT2D eigenvalue weighted by Gasteiger charge is 2.17. The Morgan fingerprint density at radius 3 is 1.50 bits per heavy atom. The number of hydrogen-bond donors (Lipinski definition) is 0. The largest absolute Gasteiger partial charge is 0.273 e. The first-order valence-corrected chi connectivity index (χ1v) is 12.0. The van der Waals surface area contributed by atoms with Gasteiger partial charge >= 0.3 is 0 Å². The van der Waals surface area contributed by atoms with Crippen molar-refractivity contribution in [3.05, 3.63) is 57.3 Å². The van der Waals surface area contributed by atoms with Gasteiger partial charge in [-0.1, -0.05) is 62.3 Å². The van der Waals surface area contributed by atoms with E-state index in [9.17, 15) is 0 Å². The summed E-state index contributed by atoms with van der Waals surface area (Å²) in [5.74, 6) is 0. The minimum Gasteiger partial charge on any atom is -0.273 e. The van der Waals surface area contributed by atoms with Crippen molar-refractivity contribution in [2.45, 2.75) is 99.3 Å². The molecule has 0 saturated heterocycles. The number of aryl methyl sites for hydroxylation is 4. The minimum atomic E-state index is 0.112. The molecule has 0 atom stereocenters. The number of nitrogens with zero attached hydrogens (tertiary/aromatic N) is 5. The number of rotatable bonds is 0. The zero-order valence-electron chi connectivity index (χ0n) is 22.5. The summed E-state index contributed by atoms with van der Waals surface area (Å²) in [7, 11) is 1.98. The van der Waals surface area contributed by atoms with Gasteiger partial charge in [0, 0.05) is 47.0 Å². The van der Waals surface area contributed by atoms with Crippen LogP contribution in [-0.4, -0.2) is 24.7 Å². The topological polar surface area (TPSA) is 56.5 Å². The van der Waals surface area contributed by atoms with Gasteiger partial charge in [-0.25, -0.2) is 4.98 Å². The van der Waals surface area contributed by atoms with Crippen LogP contribution in [-0.2, 0) is 23.3 Å². The van der Waals surface area contributed by atoms with Gasteiger partial charge in [0.2, 0.25) is 0 Å². The van der Waals surface area contributed by atoms with Gasteiger partial charge in [-0.2, -0.15) is 5.10 Å². The summed E-state index contributed by atoms with van der Waals surface area (Å²) in [6, 6.07) is 2.14. The molecule has 0 N–H and O–H groups in total. The summed E-state index contributed by atoms with van der Waals surface area (Å²) in [6.45, 7) is 25.6. The van der Waals surface area contributed by atoms with Gasteiger partial charge < -0.3 is 0 Å². The smallest absolute Gasteiger partial charge is 0.0896 e. The van der Waals surface area contributed by atoms with Gasteiger partial charge in [0.05, 0.1) is 22.1 Å². The van der Waals surface area contributed by atoms with Crippen LogP contribution < -0.4 is 0 Å². The molecule has 0 aliphatic heterocycles. The Labute approximate surface area is 199 Å². The number of aromatic nitrogens is 5. The molecule has 0 fully saturated rings. The van der Waals surface area contributed by atoms with Gasteiger partial charge in [0.1, 0.15) is 0 Å². The van der Waals surface area contributed by atoms with Crippen LogP contribution in [0.1, 0.15) is 95.0 Å². The normalized spacial score (nSPS) is 11.9. The number of thiazole rings is 1. The van der Waals surface area contributed by atoms with Gasteiger partial charge in [-0.05, 0) is 32.3 Å². The fourth-order valence-electron chi connectivity index (χ4n) is 2.42. The van der Waals surface area contributed by atoms with Crippen LogP contribution in [0.25, 0.3) is 0 Å². The zero-order chi connectivity index (χ0) is 24.9. The molecule has 3 heterocycles. The van der Waals surface area contributed by atoms with E-state index in [-0.39, 0.29) is 16.2 Å². The third-order valence-corrected chi connectivity index (χ3v) is 6.13. The summed E-state index contributed by atoms with van der Waals surface area (Å²) in [6.07, 6.45) is 5.62. The number of hydrogen-bond acceptors (Lipinski definition) is 5. The standard InChI is InChI=1S/C9H16N2.C9H14N2.C8H13NS/c1-7-6-8(9(2,3)4)10-11(7)5;1-7-5-11-8(6-10-7)9(2,3)4;1-6-9-5-7(10-6)8(2,3)4/h6H,1-5H3;5-6H,1-4H3;5H,1-4H3. The van der Waals surface area contributed by atoms with Crippen LogP contribution in [0, 0.1) is 20.8 Å². The first-order chi connectivity index (χ1) is 14.4. The first kappa shape index (κ1) is 28.0. The van der Waals surface area contributed by atoms with Crippen molar-refractivity contribution < 1.29 is 0 Å². The highest BCUT2D eigenvalue weighted by Crippen LogP contribution is 2.27. The summed E-state index contributed by atoms with van der Waals surface area (Å²) in [4.78, 5) is 14.0. The Balaban J connectivity index is 0.000000240. The predicted molar refractivity (Wildman–Crippen MR) is 138 cm³/mol. The molecule has 0 spiro atoms. The monoisotopic (exact) mass is 457 g/mol. The summed E-state index contributed by atoms with van der Waals surface area (Å²) >= 11 is 1.78. The van der Waals surface area contributed by atoms with Crippen molar-refractivity contribution in [1.29, 1.82) is 0 Å². The summed E-state index contributed by atoms with van der Waals surface area (Å²) < 4.78 is 1.92. The van der Waals surface area contributed by atoms with E-state index in [0.29, 0.717) is 0 Å². The third kappa shape index (κ3) is 9.19. The lowest BCUT2D eigenvalue weighted by atomic mass is 9.92. The summed E-state index contributed by atoms with van der Waals surface area (Å²) in [5, 5.41) is 5.56. The van der Waals surface area contributed by atoms with Gasteiger partial charge in [0.15, 0.2) is 0 Å². The molecule has 0 radical (unpaired) electrons. The lowest BCUT2D eigenvalue weighted by molar-refractivity contribution is 0.552. The van der Waals surface area contributed by atoms with E-state index in [1.165, 1.54) is 10.6 Å². The second-order valence-corrected chi connectivity index (χ2v) is 12.6. The molecule has 6 heteroatoms. The predicted octanol–water partition coefficient (Wildman–Crippen LogP) is 6.86. The molecule has 0 aromatic carbocycles. The van der Waals surface area contributed by atoms with Crippen LogP contribution in [0.2, 0.25) is 0 Å². The second-order valence-electron chi connectivity index (χ2n) is 11.3. The van der Waals surface area contributed by atoms with Crippen molar-refractivity contribution in [3.63, 3.8) is 0 Å². The first-order valence-electron chi connectivity index (χ1n) is 11.1. The van der Waals surface area contributed by atoms with Gasteiger partial charge in [-0.3, -0.25) is 14.6 Å². The van der Waals surface area contributed by atoms with Gasteiger partial charge in [0.25, 0.3) is 0 Å². The molecule has 0 aliphatic rings. The molecule has 0 aliphatic carbocycles. The maximum Gasteiger partial charge on any atom is 0.0896 e. The molecule has 0 unspecified atom stereocenters. The third-order valence-electron chi connectivity index (χ3n) is 4.79. The summed E-state index contributed by atoms with van der Waals surface area (Å²) in [5.41, 5.74) is 4.95. The highest BCUT2D eigenvalue weighted by molar-refractivity contribution is 7.11. The Bertz CT molecular complexity index is 942.